The van der Waals surface area contributed by atoms with Crippen molar-refractivity contribution >= 4 is 5.69 Å². The van der Waals surface area contributed by atoms with Crippen molar-refractivity contribution < 1.29 is 0 Å². The van der Waals surface area contributed by atoms with Gasteiger partial charge in [-0.1, -0.05) is 25.1 Å². The lowest BCUT2D eigenvalue weighted by atomic mass is 9.76. The molecule has 0 bridgehead atoms. The highest BCUT2D eigenvalue weighted by atomic mass is 15.1. The fourth-order valence-electron chi connectivity index (χ4n) is 3.92. The first-order valence-electron chi connectivity index (χ1n) is 8.37. The molecule has 1 N–H and O–H groups in total. The van der Waals surface area contributed by atoms with Gasteiger partial charge in [0.25, 0.3) is 0 Å². The van der Waals surface area contributed by atoms with Crippen LogP contribution >= 0.6 is 0 Å². The fourth-order valence-corrected chi connectivity index (χ4v) is 3.92. The van der Waals surface area contributed by atoms with Crippen molar-refractivity contribution in [2.45, 2.75) is 45.4 Å². The third-order valence-electron chi connectivity index (χ3n) is 5.40. The Labute approximate surface area is 123 Å². The minimum absolute atomic E-state index is 0.530. The lowest BCUT2D eigenvalue weighted by Crippen LogP contribution is -2.45. The molecule has 2 heteroatoms. The number of piperidine rings is 1. The van der Waals surface area contributed by atoms with Gasteiger partial charge < -0.3 is 10.2 Å². The number of benzene rings is 1. The Balaban J connectivity index is 1.82. The summed E-state index contributed by atoms with van der Waals surface area (Å²) >= 11 is 0. The first kappa shape index (κ1) is 13.9. The van der Waals surface area contributed by atoms with E-state index in [1.54, 1.807) is 5.56 Å². The Kier molecular flexibility index (Phi) is 4.30. The summed E-state index contributed by atoms with van der Waals surface area (Å²) in [5.41, 5.74) is 3.60. The summed E-state index contributed by atoms with van der Waals surface area (Å²) in [6, 6.07) is 9.07. The number of para-hydroxylation sites is 1. The Morgan fingerprint density at radius 2 is 1.95 bits per heavy atom. The molecule has 2 aliphatic heterocycles. The van der Waals surface area contributed by atoms with Crippen LogP contribution in [0.15, 0.2) is 24.3 Å². The highest BCUT2D eigenvalue weighted by molar-refractivity contribution is 5.54. The van der Waals surface area contributed by atoms with Crippen LogP contribution in [0.2, 0.25) is 0 Å². The van der Waals surface area contributed by atoms with Gasteiger partial charge in [0, 0.05) is 18.8 Å². The molecule has 0 spiro atoms. The number of hydrogen-bond donors (Lipinski definition) is 1. The highest BCUT2D eigenvalue weighted by Crippen LogP contribution is 2.36. The molecule has 2 nitrogen and oxygen atoms in total. The molecule has 1 saturated heterocycles. The van der Waals surface area contributed by atoms with Crippen molar-refractivity contribution in [3.8, 4) is 0 Å². The summed E-state index contributed by atoms with van der Waals surface area (Å²) in [6.45, 7) is 7.27. The smallest absolute Gasteiger partial charge is 0.0398 e. The van der Waals surface area contributed by atoms with Gasteiger partial charge in [0.15, 0.2) is 0 Å². The van der Waals surface area contributed by atoms with Crippen LogP contribution in [0, 0.1) is 5.41 Å². The molecule has 2 heterocycles. The number of anilines is 1. The van der Waals surface area contributed by atoms with Crippen molar-refractivity contribution in [3.63, 3.8) is 0 Å². The van der Waals surface area contributed by atoms with Crippen molar-refractivity contribution in [2.75, 3.05) is 31.1 Å². The first-order valence-corrected chi connectivity index (χ1v) is 8.37. The quantitative estimate of drug-likeness (QED) is 0.904. The second-order valence-corrected chi connectivity index (χ2v) is 6.61. The van der Waals surface area contributed by atoms with Crippen LogP contribution in [0.25, 0.3) is 0 Å². The predicted molar refractivity (Wildman–Crippen MR) is 86.4 cm³/mol. The van der Waals surface area contributed by atoms with Crippen LogP contribution < -0.4 is 10.2 Å². The molecule has 0 radical (unpaired) electrons. The lowest BCUT2D eigenvalue weighted by molar-refractivity contribution is 0.198. The van der Waals surface area contributed by atoms with Gasteiger partial charge in [-0.25, -0.2) is 0 Å². The maximum Gasteiger partial charge on any atom is 0.0398 e. The summed E-state index contributed by atoms with van der Waals surface area (Å²) in [4.78, 5) is 2.69. The Morgan fingerprint density at radius 3 is 2.75 bits per heavy atom. The zero-order valence-electron chi connectivity index (χ0n) is 12.8. The van der Waals surface area contributed by atoms with Gasteiger partial charge >= 0.3 is 0 Å². The fraction of sp³-hybridized carbons (Fsp3) is 0.667. The van der Waals surface area contributed by atoms with Crippen LogP contribution in [-0.4, -0.2) is 26.2 Å². The van der Waals surface area contributed by atoms with Gasteiger partial charge in [-0.15, -0.1) is 0 Å². The van der Waals surface area contributed by atoms with E-state index in [9.17, 15) is 0 Å². The second kappa shape index (κ2) is 6.17. The zero-order chi connectivity index (χ0) is 13.8. The van der Waals surface area contributed by atoms with E-state index in [-0.39, 0.29) is 0 Å². The minimum atomic E-state index is 0.530. The standard InChI is InChI=1S/C18H28N2/c1-2-18(10-12-19-13-11-18)15-20-14-6-5-8-16-7-3-4-9-17(16)20/h3-4,7,9,19H,2,5-6,8,10-15H2,1H3. The largest absolute Gasteiger partial charge is 0.371 e. The van der Waals surface area contributed by atoms with E-state index in [0.717, 1.165) is 0 Å². The Bertz CT molecular complexity index is 435. The van der Waals surface area contributed by atoms with Gasteiger partial charge in [-0.05, 0) is 68.7 Å². The Hall–Kier alpha value is -1.02. The molecule has 20 heavy (non-hydrogen) atoms. The first-order chi connectivity index (χ1) is 9.83. The van der Waals surface area contributed by atoms with Gasteiger partial charge in [0.05, 0.1) is 0 Å². The third kappa shape index (κ3) is 2.85. The van der Waals surface area contributed by atoms with Gasteiger partial charge in [0.1, 0.15) is 0 Å². The van der Waals surface area contributed by atoms with E-state index in [1.165, 1.54) is 70.4 Å². The van der Waals surface area contributed by atoms with E-state index >= 15 is 0 Å². The maximum atomic E-state index is 3.52. The van der Waals surface area contributed by atoms with Gasteiger partial charge in [0.2, 0.25) is 0 Å². The SMILES string of the molecule is CCC1(CN2CCCCc3ccccc32)CCNCC1. The van der Waals surface area contributed by atoms with E-state index in [0.29, 0.717) is 5.41 Å². The average Bonchev–Trinajstić information content (AvgIpc) is 2.71. The molecule has 110 valence electrons. The molecule has 3 rings (SSSR count). The van der Waals surface area contributed by atoms with E-state index in [4.69, 9.17) is 0 Å². The topological polar surface area (TPSA) is 15.3 Å². The molecule has 2 aliphatic rings. The molecule has 0 atom stereocenters. The maximum absolute atomic E-state index is 3.52. The van der Waals surface area contributed by atoms with Crippen molar-refractivity contribution in [1.82, 2.24) is 5.32 Å². The van der Waals surface area contributed by atoms with Crippen molar-refractivity contribution in [1.29, 1.82) is 0 Å². The summed E-state index contributed by atoms with van der Waals surface area (Å²) in [6.07, 6.45) is 7.92. The number of nitrogens with zero attached hydrogens (tertiary/aromatic N) is 1. The molecule has 0 unspecified atom stereocenters. The second-order valence-electron chi connectivity index (χ2n) is 6.61. The number of fused-ring (bicyclic) bond motifs is 1. The molecule has 0 aliphatic carbocycles. The highest BCUT2D eigenvalue weighted by Gasteiger charge is 2.33. The van der Waals surface area contributed by atoms with Crippen LogP contribution in [-0.2, 0) is 6.42 Å². The monoisotopic (exact) mass is 272 g/mol. The van der Waals surface area contributed by atoms with Crippen LogP contribution in [0.3, 0.4) is 0 Å². The number of rotatable bonds is 3. The molecule has 0 saturated carbocycles. The van der Waals surface area contributed by atoms with E-state index in [1.807, 2.05) is 0 Å². The molecule has 0 amide bonds. The molecule has 1 aromatic carbocycles. The van der Waals surface area contributed by atoms with Crippen LogP contribution in [0.1, 0.15) is 44.6 Å². The molecule has 0 aromatic heterocycles. The van der Waals surface area contributed by atoms with Gasteiger partial charge in [-0.3, -0.25) is 0 Å². The van der Waals surface area contributed by atoms with Gasteiger partial charge in [-0.2, -0.15) is 0 Å². The Morgan fingerprint density at radius 1 is 1.15 bits per heavy atom. The average molecular weight is 272 g/mol. The van der Waals surface area contributed by atoms with Crippen molar-refractivity contribution in [2.24, 2.45) is 5.41 Å². The lowest BCUT2D eigenvalue weighted by Gasteiger charge is -2.42. The molecule has 1 fully saturated rings. The number of nitrogens with one attached hydrogen (secondary N) is 1. The van der Waals surface area contributed by atoms with E-state index in [2.05, 4.69) is 41.4 Å². The summed E-state index contributed by atoms with van der Waals surface area (Å²) in [5, 5.41) is 3.52. The third-order valence-corrected chi connectivity index (χ3v) is 5.40. The zero-order valence-corrected chi connectivity index (χ0v) is 12.8. The summed E-state index contributed by atoms with van der Waals surface area (Å²) < 4.78 is 0. The molecular formula is C18H28N2. The van der Waals surface area contributed by atoms with Crippen molar-refractivity contribution in [3.05, 3.63) is 29.8 Å². The molecular weight excluding hydrogens is 244 g/mol. The van der Waals surface area contributed by atoms with E-state index < -0.39 is 0 Å². The number of aryl methyl sites for hydroxylation is 1. The van der Waals surface area contributed by atoms with Crippen LogP contribution in [0.5, 0.6) is 0 Å². The predicted octanol–water partition coefficient (Wildman–Crippen LogP) is 3.61. The molecule has 1 aromatic rings. The summed E-state index contributed by atoms with van der Waals surface area (Å²) in [5.74, 6) is 0. The summed E-state index contributed by atoms with van der Waals surface area (Å²) in [7, 11) is 0. The van der Waals surface area contributed by atoms with Crippen LogP contribution in [0.4, 0.5) is 5.69 Å². The number of hydrogen-bond acceptors (Lipinski definition) is 2. The normalized spacial score (nSPS) is 22.1. The minimum Gasteiger partial charge on any atom is -0.371 e.